The van der Waals surface area contributed by atoms with Gasteiger partial charge in [-0.05, 0) is 47.5 Å². The van der Waals surface area contributed by atoms with Crippen molar-refractivity contribution in [2.75, 3.05) is 37.7 Å². The minimum absolute atomic E-state index is 0.145. The zero-order valence-corrected chi connectivity index (χ0v) is 19.5. The van der Waals surface area contributed by atoms with Gasteiger partial charge in [0.1, 0.15) is 24.0 Å². The van der Waals surface area contributed by atoms with E-state index in [0.29, 0.717) is 59.8 Å². The van der Waals surface area contributed by atoms with Gasteiger partial charge in [0.25, 0.3) is 0 Å². The molecule has 1 aliphatic heterocycles. The number of ether oxygens (including phenoxy) is 1. The van der Waals surface area contributed by atoms with Gasteiger partial charge in [-0.3, -0.25) is 14.7 Å². The molecule has 0 saturated carbocycles. The largest absolute Gasteiger partial charge is 0.492 e. The molecular formula is C26H22F2N2O4S. The number of Topliss-reactive ketones (excluding diaryl/α,β-unsaturated/α-hetero) is 1. The quantitative estimate of drug-likeness (QED) is 0.519. The van der Waals surface area contributed by atoms with Crippen LogP contribution in [0.3, 0.4) is 0 Å². The molecule has 0 radical (unpaired) electrons. The first kappa shape index (κ1) is 23.3. The maximum absolute atomic E-state index is 14.1. The molecule has 1 aliphatic carbocycles. The highest BCUT2D eigenvalue weighted by Crippen LogP contribution is 2.43. The number of halogens is 2. The number of allylic oxidation sites excluding steroid dienone is 1. The average Bonchev–Trinajstić information content (AvgIpc) is 3.12. The molecule has 2 heterocycles. The van der Waals surface area contributed by atoms with Crippen LogP contribution in [0.25, 0.3) is 11.1 Å². The Balaban J connectivity index is 1.43. The lowest BCUT2D eigenvalue weighted by Crippen LogP contribution is -2.42. The van der Waals surface area contributed by atoms with Crippen LogP contribution in [0.1, 0.15) is 27.0 Å². The molecule has 2 aromatic carbocycles. The molecule has 35 heavy (non-hydrogen) atoms. The van der Waals surface area contributed by atoms with E-state index in [1.807, 2.05) is 4.90 Å². The van der Waals surface area contributed by atoms with Crippen LogP contribution in [0.15, 0.2) is 60.9 Å². The summed E-state index contributed by atoms with van der Waals surface area (Å²) in [4.78, 5) is 19.6. The van der Waals surface area contributed by atoms with Crippen LogP contribution in [0.5, 0.6) is 5.75 Å². The Bertz CT molecular complexity index is 1400. The van der Waals surface area contributed by atoms with E-state index in [4.69, 9.17) is 4.74 Å². The molecule has 6 nitrogen and oxygen atoms in total. The number of carbonyl (C=O) groups is 1. The van der Waals surface area contributed by atoms with Gasteiger partial charge < -0.3 is 4.74 Å². The Morgan fingerprint density at radius 1 is 0.914 bits per heavy atom. The molecule has 0 atom stereocenters. The number of hydrogen-bond acceptors (Lipinski definition) is 6. The minimum atomic E-state index is -2.94. The number of sulfone groups is 1. The Labute approximate surface area is 201 Å². The smallest absolute Gasteiger partial charge is 0.195 e. The molecule has 2 aliphatic rings. The summed E-state index contributed by atoms with van der Waals surface area (Å²) in [6.45, 7) is 1.84. The van der Waals surface area contributed by atoms with Gasteiger partial charge in [0.2, 0.25) is 0 Å². The highest BCUT2D eigenvalue weighted by atomic mass is 32.2. The third kappa shape index (κ3) is 4.87. The zero-order chi connectivity index (χ0) is 24.6. The van der Waals surface area contributed by atoms with Crippen LogP contribution < -0.4 is 4.74 Å². The highest BCUT2D eigenvalue weighted by molar-refractivity contribution is 7.91. The molecular weight excluding hydrogens is 474 g/mol. The minimum Gasteiger partial charge on any atom is -0.492 e. The monoisotopic (exact) mass is 496 g/mol. The van der Waals surface area contributed by atoms with Crippen molar-refractivity contribution in [2.45, 2.75) is 0 Å². The van der Waals surface area contributed by atoms with Crippen LogP contribution in [-0.4, -0.2) is 61.8 Å². The van der Waals surface area contributed by atoms with E-state index in [1.165, 1.54) is 12.1 Å². The van der Waals surface area contributed by atoms with Crippen molar-refractivity contribution in [1.29, 1.82) is 0 Å². The lowest BCUT2D eigenvalue weighted by molar-refractivity contribution is 0.105. The predicted molar refractivity (Wildman–Crippen MR) is 128 cm³/mol. The highest BCUT2D eigenvalue weighted by Gasteiger charge is 2.32. The predicted octanol–water partition coefficient (Wildman–Crippen LogP) is 3.62. The maximum atomic E-state index is 14.1. The SMILES string of the molecule is O=C1C(c2cccnc2)=C(c2cc(F)cc(F)c2)c2ccc(OCCN3CCS(=O)(=O)CC3)cc21. The molecule has 1 aromatic heterocycles. The van der Waals surface area contributed by atoms with E-state index in [-0.39, 0.29) is 22.9 Å². The molecule has 5 rings (SSSR count). The van der Waals surface area contributed by atoms with Gasteiger partial charge >= 0.3 is 0 Å². The van der Waals surface area contributed by atoms with E-state index in [2.05, 4.69) is 4.98 Å². The summed E-state index contributed by atoms with van der Waals surface area (Å²) in [7, 11) is -2.94. The fourth-order valence-electron chi connectivity index (χ4n) is 4.45. The molecule has 180 valence electrons. The normalized spacial score (nSPS) is 17.5. The van der Waals surface area contributed by atoms with Crippen molar-refractivity contribution in [1.82, 2.24) is 9.88 Å². The number of nitrogens with zero attached hydrogens (tertiary/aromatic N) is 2. The van der Waals surface area contributed by atoms with Crippen molar-refractivity contribution >= 4 is 26.8 Å². The molecule has 3 aromatic rings. The van der Waals surface area contributed by atoms with Crippen LogP contribution in [0.4, 0.5) is 8.78 Å². The van der Waals surface area contributed by atoms with Crippen LogP contribution >= 0.6 is 0 Å². The van der Waals surface area contributed by atoms with Gasteiger partial charge in [0.15, 0.2) is 15.6 Å². The van der Waals surface area contributed by atoms with Crippen molar-refractivity contribution < 1.29 is 26.7 Å². The maximum Gasteiger partial charge on any atom is 0.195 e. The molecule has 0 amide bonds. The third-order valence-corrected chi connectivity index (χ3v) is 7.81. The lowest BCUT2D eigenvalue weighted by atomic mass is 9.95. The summed E-state index contributed by atoms with van der Waals surface area (Å²) in [6.07, 6.45) is 3.13. The summed E-state index contributed by atoms with van der Waals surface area (Å²) in [5.74, 6) is -0.966. The fourth-order valence-corrected chi connectivity index (χ4v) is 5.73. The van der Waals surface area contributed by atoms with Crippen LogP contribution in [-0.2, 0) is 9.84 Å². The van der Waals surface area contributed by atoms with E-state index in [1.54, 1.807) is 42.7 Å². The van der Waals surface area contributed by atoms with Gasteiger partial charge in [-0.15, -0.1) is 0 Å². The molecule has 0 spiro atoms. The Kier molecular flexibility index (Phi) is 6.21. The van der Waals surface area contributed by atoms with Crippen molar-refractivity contribution in [3.05, 3.63) is 94.8 Å². The number of pyridine rings is 1. The van der Waals surface area contributed by atoms with E-state index >= 15 is 0 Å². The number of ketones is 1. The topological polar surface area (TPSA) is 76.6 Å². The summed E-state index contributed by atoms with van der Waals surface area (Å²) in [6, 6.07) is 11.7. The molecule has 1 saturated heterocycles. The lowest BCUT2D eigenvalue weighted by Gasteiger charge is -2.26. The molecule has 0 unspecified atom stereocenters. The van der Waals surface area contributed by atoms with Crippen LogP contribution in [0.2, 0.25) is 0 Å². The number of aromatic nitrogens is 1. The second-order valence-corrected chi connectivity index (χ2v) is 10.8. The van der Waals surface area contributed by atoms with Gasteiger partial charge in [-0.2, -0.15) is 0 Å². The Morgan fingerprint density at radius 2 is 1.66 bits per heavy atom. The first-order chi connectivity index (χ1) is 16.8. The van der Waals surface area contributed by atoms with Crippen molar-refractivity contribution in [2.24, 2.45) is 0 Å². The Hall–Kier alpha value is -3.43. The average molecular weight is 497 g/mol. The first-order valence-corrected chi connectivity index (χ1v) is 13.0. The summed E-state index contributed by atoms with van der Waals surface area (Å²) in [5.41, 5.74) is 2.53. The number of hydrogen-bond donors (Lipinski definition) is 0. The molecule has 0 bridgehead atoms. The Morgan fingerprint density at radius 3 is 2.34 bits per heavy atom. The van der Waals surface area contributed by atoms with E-state index < -0.39 is 21.5 Å². The number of carbonyl (C=O) groups excluding carboxylic acids is 1. The molecule has 1 fully saturated rings. The second-order valence-electron chi connectivity index (χ2n) is 8.53. The van der Waals surface area contributed by atoms with Gasteiger partial charge in [0, 0.05) is 60.4 Å². The summed E-state index contributed by atoms with van der Waals surface area (Å²) in [5, 5.41) is 0. The van der Waals surface area contributed by atoms with Crippen molar-refractivity contribution in [3.63, 3.8) is 0 Å². The number of benzene rings is 2. The van der Waals surface area contributed by atoms with Crippen molar-refractivity contribution in [3.8, 4) is 5.75 Å². The number of fused-ring (bicyclic) bond motifs is 1. The number of rotatable bonds is 6. The van der Waals surface area contributed by atoms with Gasteiger partial charge in [0.05, 0.1) is 11.5 Å². The molecule has 9 heteroatoms. The first-order valence-electron chi connectivity index (χ1n) is 11.2. The third-order valence-electron chi connectivity index (χ3n) is 6.20. The summed E-state index contributed by atoms with van der Waals surface area (Å²) >= 11 is 0. The van der Waals surface area contributed by atoms with E-state index in [0.717, 1.165) is 6.07 Å². The van der Waals surface area contributed by atoms with Crippen LogP contribution in [0, 0.1) is 11.6 Å². The van der Waals surface area contributed by atoms with Gasteiger partial charge in [-0.25, -0.2) is 17.2 Å². The second kappa shape index (κ2) is 9.31. The van der Waals surface area contributed by atoms with E-state index in [9.17, 15) is 22.0 Å². The fraction of sp³-hybridized carbons (Fsp3) is 0.231. The van der Waals surface area contributed by atoms with Gasteiger partial charge in [-0.1, -0.05) is 6.07 Å². The standard InChI is InChI=1S/C26H22F2N2O4S/c27-19-12-18(13-20(28)14-19)24-22-4-3-21(34-9-6-30-7-10-35(32,33)11-8-30)15-23(22)26(31)25(24)17-2-1-5-29-16-17/h1-5,12-16H,6-11H2. The molecule has 0 N–H and O–H groups in total. The zero-order valence-electron chi connectivity index (χ0n) is 18.7. The summed E-state index contributed by atoms with van der Waals surface area (Å²) < 4.78 is 57.2.